The van der Waals surface area contributed by atoms with Crippen molar-refractivity contribution in [1.82, 2.24) is 5.32 Å². The first kappa shape index (κ1) is 16.8. The Morgan fingerprint density at radius 3 is 2.90 bits per heavy atom. The van der Waals surface area contributed by atoms with E-state index in [1.54, 1.807) is 7.11 Å². The molecule has 0 spiro atoms. The Balaban J connectivity index is 2.67. The van der Waals surface area contributed by atoms with E-state index in [9.17, 15) is 4.79 Å². The lowest BCUT2D eigenvalue weighted by atomic mass is 10.1. The molecule has 0 saturated heterocycles. The highest BCUT2D eigenvalue weighted by molar-refractivity contribution is 5.77. The van der Waals surface area contributed by atoms with E-state index in [-0.39, 0.29) is 12.3 Å². The topological polar surface area (TPSA) is 71.3 Å². The summed E-state index contributed by atoms with van der Waals surface area (Å²) in [5, 5.41) is 11.1. The second kappa shape index (κ2) is 9.65. The van der Waals surface area contributed by atoms with Gasteiger partial charge in [0, 0.05) is 6.54 Å². The van der Waals surface area contributed by atoms with E-state index in [4.69, 9.17) is 14.7 Å². The number of hydrogen-bond donors (Lipinski definition) is 1. The Bertz CT molecular complexity index is 495. The number of para-hydroxylation sites is 1. The van der Waals surface area contributed by atoms with Crippen LogP contribution in [0.2, 0.25) is 0 Å². The van der Waals surface area contributed by atoms with Crippen LogP contribution < -0.4 is 14.8 Å². The third kappa shape index (κ3) is 5.74. The molecule has 0 aromatic heterocycles. The van der Waals surface area contributed by atoms with Crippen molar-refractivity contribution in [2.45, 2.75) is 32.6 Å². The number of nitrogens with zero attached hydrogens (tertiary/aromatic N) is 1. The molecule has 0 radical (unpaired) electrons. The molecule has 0 saturated carbocycles. The van der Waals surface area contributed by atoms with E-state index in [0.29, 0.717) is 25.3 Å². The zero-order valence-electron chi connectivity index (χ0n) is 12.6. The molecular formula is C16H22N2O3. The summed E-state index contributed by atoms with van der Waals surface area (Å²) < 4.78 is 11.1. The van der Waals surface area contributed by atoms with Crippen LogP contribution in [0.5, 0.6) is 11.5 Å². The number of amides is 1. The fourth-order valence-electron chi connectivity index (χ4n) is 1.87. The fraction of sp³-hybridized carbons (Fsp3) is 0.500. The lowest BCUT2D eigenvalue weighted by Gasteiger charge is -2.15. The van der Waals surface area contributed by atoms with E-state index in [2.05, 4.69) is 12.2 Å². The highest BCUT2D eigenvalue weighted by atomic mass is 16.5. The van der Waals surface area contributed by atoms with Crippen molar-refractivity contribution in [2.75, 3.05) is 20.3 Å². The molecule has 0 aliphatic heterocycles. The van der Waals surface area contributed by atoms with Crippen LogP contribution in [0.3, 0.4) is 0 Å². The smallest absolute Gasteiger partial charge is 0.234 e. The zero-order valence-corrected chi connectivity index (χ0v) is 12.6. The lowest BCUT2D eigenvalue weighted by Crippen LogP contribution is -2.25. The summed E-state index contributed by atoms with van der Waals surface area (Å²) in [5.41, 5.74) is 0.989. The first-order chi connectivity index (χ1) is 10.2. The fourth-order valence-corrected chi connectivity index (χ4v) is 1.87. The number of rotatable bonds is 9. The largest absolute Gasteiger partial charge is 0.493 e. The first-order valence-corrected chi connectivity index (χ1v) is 7.15. The van der Waals surface area contributed by atoms with Gasteiger partial charge in [-0.2, -0.15) is 5.26 Å². The number of methoxy groups -OCH3 is 1. The van der Waals surface area contributed by atoms with Gasteiger partial charge in [0.15, 0.2) is 11.5 Å². The number of nitrogens with one attached hydrogen (secondary N) is 1. The number of hydrogen-bond acceptors (Lipinski definition) is 4. The Hall–Kier alpha value is -2.22. The van der Waals surface area contributed by atoms with E-state index in [1.165, 1.54) is 0 Å². The molecule has 0 fully saturated rings. The molecule has 1 rings (SSSR count). The predicted molar refractivity (Wildman–Crippen MR) is 80.3 cm³/mol. The predicted octanol–water partition coefficient (Wildman–Crippen LogP) is 2.45. The molecule has 0 aliphatic rings. The van der Waals surface area contributed by atoms with Crippen molar-refractivity contribution in [3.05, 3.63) is 23.8 Å². The minimum atomic E-state index is -0.256. The number of unbranched alkanes of at least 4 members (excludes halogenated alkanes) is 1. The van der Waals surface area contributed by atoms with E-state index >= 15 is 0 Å². The van der Waals surface area contributed by atoms with Gasteiger partial charge in [-0.25, -0.2) is 0 Å². The number of carbonyl (C=O) groups is 1. The van der Waals surface area contributed by atoms with Crippen LogP contribution in [0.15, 0.2) is 18.2 Å². The van der Waals surface area contributed by atoms with Crippen molar-refractivity contribution in [1.29, 1.82) is 5.26 Å². The zero-order chi connectivity index (χ0) is 15.5. The van der Waals surface area contributed by atoms with Crippen molar-refractivity contribution in [3.8, 4) is 17.6 Å². The maximum Gasteiger partial charge on any atom is 0.234 e. The normalized spacial score (nSPS) is 9.76. The Morgan fingerprint density at radius 1 is 1.43 bits per heavy atom. The summed E-state index contributed by atoms with van der Waals surface area (Å²) in [6, 6.07) is 7.54. The molecule has 1 aromatic carbocycles. The second-order valence-electron chi connectivity index (χ2n) is 4.59. The number of nitriles is 1. The van der Waals surface area contributed by atoms with Crippen molar-refractivity contribution in [3.63, 3.8) is 0 Å². The van der Waals surface area contributed by atoms with Gasteiger partial charge in [0.2, 0.25) is 5.91 Å². The highest BCUT2D eigenvalue weighted by Gasteiger charge is 2.10. The van der Waals surface area contributed by atoms with Crippen LogP contribution >= 0.6 is 0 Å². The van der Waals surface area contributed by atoms with Gasteiger partial charge in [-0.3, -0.25) is 4.79 Å². The molecule has 0 atom stereocenters. The summed E-state index contributed by atoms with van der Waals surface area (Å²) in [6.07, 6.45) is 2.57. The number of benzene rings is 1. The van der Waals surface area contributed by atoms with E-state index < -0.39 is 0 Å². The monoisotopic (exact) mass is 290 g/mol. The SMILES string of the molecule is CCCCOc1c(CCNC(=O)CC#N)cccc1OC. The molecule has 0 heterocycles. The van der Waals surface area contributed by atoms with Crippen LogP contribution in [0, 0.1) is 11.3 Å². The lowest BCUT2D eigenvalue weighted by molar-refractivity contribution is -0.120. The summed E-state index contributed by atoms with van der Waals surface area (Å²) in [5.74, 6) is 1.18. The van der Waals surface area contributed by atoms with E-state index in [1.807, 2.05) is 24.3 Å². The van der Waals surface area contributed by atoms with Gasteiger partial charge in [0.25, 0.3) is 0 Å². The van der Waals surface area contributed by atoms with Crippen LogP contribution in [0.4, 0.5) is 0 Å². The van der Waals surface area contributed by atoms with Gasteiger partial charge in [-0.15, -0.1) is 0 Å². The average molecular weight is 290 g/mol. The molecule has 1 amide bonds. The minimum Gasteiger partial charge on any atom is -0.493 e. The van der Waals surface area contributed by atoms with Gasteiger partial charge >= 0.3 is 0 Å². The Kier molecular flexibility index (Phi) is 7.73. The van der Waals surface area contributed by atoms with Crippen molar-refractivity contribution >= 4 is 5.91 Å². The maximum absolute atomic E-state index is 11.3. The molecule has 0 aliphatic carbocycles. The van der Waals surface area contributed by atoms with Crippen LogP contribution in [0.25, 0.3) is 0 Å². The second-order valence-corrected chi connectivity index (χ2v) is 4.59. The summed E-state index contributed by atoms with van der Waals surface area (Å²) in [4.78, 5) is 11.3. The molecular weight excluding hydrogens is 268 g/mol. The third-order valence-corrected chi connectivity index (χ3v) is 2.98. The number of ether oxygens (including phenoxy) is 2. The maximum atomic E-state index is 11.3. The summed E-state index contributed by atoms with van der Waals surface area (Å²) in [6.45, 7) is 3.22. The highest BCUT2D eigenvalue weighted by Crippen LogP contribution is 2.31. The Labute approximate surface area is 125 Å². The number of carbonyl (C=O) groups excluding carboxylic acids is 1. The first-order valence-electron chi connectivity index (χ1n) is 7.15. The van der Waals surface area contributed by atoms with Crippen molar-refractivity contribution < 1.29 is 14.3 Å². The van der Waals surface area contributed by atoms with Gasteiger partial charge in [-0.1, -0.05) is 25.5 Å². The summed E-state index contributed by atoms with van der Waals surface area (Å²) >= 11 is 0. The van der Waals surface area contributed by atoms with Gasteiger partial charge in [0.05, 0.1) is 19.8 Å². The standard InChI is InChI=1S/C16H22N2O3/c1-3-4-12-21-16-13(6-5-7-14(16)20-2)9-11-18-15(19)8-10-17/h5-7H,3-4,8-9,11-12H2,1-2H3,(H,18,19). The Morgan fingerprint density at radius 2 is 2.24 bits per heavy atom. The van der Waals surface area contributed by atoms with Gasteiger partial charge < -0.3 is 14.8 Å². The average Bonchev–Trinajstić information content (AvgIpc) is 2.48. The van der Waals surface area contributed by atoms with Crippen molar-refractivity contribution in [2.24, 2.45) is 0 Å². The molecule has 0 unspecified atom stereocenters. The van der Waals surface area contributed by atoms with E-state index in [0.717, 1.165) is 24.2 Å². The molecule has 1 aromatic rings. The van der Waals surface area contributed by atoms with Crippen LogP contribution in [-0.2, 0) is 11.2 Å². The third-order valence-electron chi connectivity index (χ3n) is 2.98. The molecule has 5 nitrogen and oxygen atoms in total. The van der Waals surface area contributed by atoms with Crippen LogP contribution in [0.1, 0.15) is 31.7 Å². The van der Waals surface area contributed by atoms with Gasteiger partial charge in [-0.05, 0) is 24.5 Å². The molecule has 0 bridgehead atoms. The quantitative estimate of drug-likeness (QED) is 0.709. The summed E-state index contributed by atoms with van der Waals surface area (Å²) in [7, 11) is 1.61. The molecule has 114 valence electrons. The van der Waals surface area contributed by atoms with Crippen LogP contribution in [-0.4, -0.2) is 26.2 Å². The molecule has 5 heteroatoms. The molecule has 1 N–H and O–H groups in total. The minimum absolute atomic E-state index is 0.113. The van der Waals surface area contributed by atoms with Gasteiger partial charge in [0.1, 0.15) is 6.42 Å². The molecule has 21 heavy (non-hydrogen) atoms.